The molecule has 1 aromatic carbocycles. The number of anilines is 1. The number of alkyl halides is 3. The second kappa shape index (κ2) is 4.56. The lowest BCUT2D eigenvalue weighted by molar-refractivity contribution is -0.137. The van der Waals surface area contributed by atoms with E-state index in [1.165, 1.54) is 6.07 Å². The third-order valence-corrected chi connectivity index (χ3v) is 2.98. The number of aryl methyl sites for hydroxylation is 1. The topological polar surface area (TPSA) is 15.3 Å². The van der Waals surface area contributed by atoms with Crippen molar-refractivity contribution in [2.45, 2.75) is 13.1 Å². The summed E-state index contributed by atoms with van der Waals surface area (Å²) in [6, 6.07) is 3.95. The lowest BCUT2D eigenvalue weighted by Gasteiger charge is -2.31. The van der Waals surface area contributed by atoms with Crippen LogP contribution in [0.2, 0.25) is 0 Å². The summed E-state index contributed by atoms with van der Waals surface area (Å²) in [5, 5.41) is 3.22. The van der Waals surface area contributed by atoms with Gasteiger partial charge in [0.25, 0.3) is 0 Å². The first-order valence-electron chi connectivity index (χ1n) is 5.62. The summed E-state index contributed by atoms with van der Waals surface area (Å²) >= 11 is 0. The van der Waals surface area contributed by atoms with Crippen LogP contribution < -0.4 is 10.2 Å². The van der Waals surface area contributed by atoms with Crippen molar-refractivity contribution in [1.29, 1.82) is 0 Å². The van der Waals surface area contributed by atoms with E-state index in [4.69, 9.17) is 0 Å². The predicted octanol–water partition coefficient (Wildman–Crippen LogP) is 2.42. The van der Waals surface area contributed by atoms with Gasteiger partial charge >= 0.3 is 6.18 Å². The second-order valence-corrected chi connectivity index (χ2v) is 4.24. The van der Waals surface area contributed by atoms with Crippen LogP contribution in [-0.2, 0) is 6.18 Å². The zero-order valence-corrected chi connectivity index (χ0v) is 9.64. The molecule has 94 valence electrons. The Kier molecular flexibility index (Phi) is 3.28. The number of nitrogens with zero attached hydrogens (tertiary/aromatic N) is 1. The van der Waals surface area contributed by atoms with Gasteiger partial charge in [-0.25, -0.2) is 0 Å². The molecular weight excluding hydrogens is 229 g/mol. The van der Waals surface area contributed by atoms with Gasteiger partial charge in [0.15, 0.2) is 0 Å². The highest BCUT2D eigenvalue weighted by Crippen LogP contribution is 2.32. The van der Waals surface area contributed by atoms with Gasteiger partial charge in [-0.1, -0.05) is 0 Å². The molecule has 1 heterocycles. The third kappa shape index (κ3) is 2.72. The van der Waals surface area contributed by atoms with Gasteiger partial charge in [0.2, 0.25) is 0 Å². The normalized spacial score (nSPS) is 17.3. The van der Waals surface area contributed by atoms with Crippen molar-refractivity contribution >= 4 is 5.69 Å². The molecule has 1 aromatic rings. The Bertz CT molecular complexity index is 395. The Balaban J connectivity index is 2.25. The number of halogens is 3. The van der Waals surface area contributed by atoms with E-state index < -0.39 is 11.7 Å². The molecule has 2 nitrogen and oxygen atoms in total. The van der Waals surface area contributed by atoms with Crippen LogP contribution in [0.4, 0.5) is 18.9 Å². The lowest BCUT2D eigenvalue weighted by Crippen LogP contribution is -2.43. The van der Waals surface area contributed by atoms with Gasteiger partial charge in [0.1, 0.15) is 0 Å². The highest BCUT2D eigenvalue weighted by molar-refractivity contribution is 5.55. The molecule has 1 saturated heterocycles. The molecule has 0 amide bonds. The Morgan fingerprint density at radius 2 is 1.82 bits per heavy atom. The summed E-state index contributed by atoms with van der Waals surface area (Å²) < 4.78 is 37.6. The predicted molar refractivity (Wildman–Crippen MR) is 61.3 cm³/mol. The Morgan fingerprint density at radius 1 is 1.18 bits per heavy atom. The van der Waals surface area contributed by atoms with E-state index in [9.17, 15) is 13.2 Å². The SMILES string of the molecule is Cc1cc(C(F)(F)F)ccc1N1CCNCC1. The molecule has 0 unspecified atom stereocenters. The second-order valence-electron chi connectivity index (χ2n) is 4.24. The van der Waals surface area contributed by atoms with Crippen LogP contribution in [0.5, 0.6) is 0 Å². The fourth-order valence-electron chi connectivity index (χ4n) is 2.09. The lowest BCUT2D eigenvalue weighted by atomic mass is 10.1. The molecular formula is C12H15F3N2. The minimum atomic E-state index is -4.26. The summed E-state index contributed by atoms with van der Waals surface area (Å²) in [4.78, 5) is 2.12. The molecule has 0 saturated carbocycles. The van der Waals surface area contributed by atoms with Gasteiger partial charge in [-0.15, -0.1) is 0 Å². The molecule has 1 aliphatic heterocycles. The molecule has 0 bridgehead atoms. The Hall–Kier alpha value is -1.23. The van der Waals surface area contributed by atoms with Crippen LogP contribution in [0.3, 0.4) is 0 Å². The van der Waals surface area contributed by atoms with E-state index in [2.05, 4.69) is 10.2 Å². The molecule has 0 spiro atoms. The zero-order valence-electron chi connectivity index (χ0n) is 9.64. The van der Waals surface area contributed by atoms with Gasteiger partial charge in [0, 0.05) is 31.9 Å². The molecule has 1 fully saturated rings. The number of piperazine rings is 1. The summed E-state index contributed by atoms with van der Waals surface area (Å²) in [6.45, 7) is 5.16. The number of hydrogen-bond acceptors (Lipinski definition) is 2. The van der Waals surface area contributed by atoms with Crippen molar-refractivity contribution in [1.82, 2.24) is 5.32 Å². The van der Waals surface area contributed by atoms with Crippen LogP contribution in [0, 0.1) is 6.92 Å². The Morgan fingerprint density at radius 3 is 2.35 bits per heavy atom. The fraction of sp³-hybridized carbons (Fsp3) is 0.500. The van der Waals surface area contributed by atoms with Gasteiger partial charge in [0.05, 0.1) is 5.56 Å². The van der Waals surface area contributed by atoms with Crippen molar-refractivity contribution in [2.75, 3.05) is 31.1 Å². The summed E-state index contributed by atoms with van der Waals surface area (Å²) in [5.74, 6) is 0. The van der Waals surface area contributed by atoms with E-state index in [-0.39, 0.29) is 0 Å². The first-order valence-corrected chi connectivity index (χ1v) is 5.62. The zero-order chi connectivity index (χ0) is 12.5. The maximum Gasteiger partial charge on any atom is 0.416 e. The van der Waals surface area contributed by atoms with Gasteiger partial charge < -0.3 is 10.2 Å². The van der Waals surface area contributed by atoms with Crippen molar-refractivity contribution < 1.29 is 13.2 Å². The number of hydrogen-bond donors (Lipinski definition) is 1. The maximum absolute atomic E-state index is 12.5. The van der Waals surface area contributed by atoms with Gasteiger partial charge in [-0.3, -0.25) is 0 Å². The first kappa shape index (κ1) is 12.2. The Labute approximate surface area is 98.4 Å². The van der Waals surface area contributed by atoms with Crippen LogP contribution in [0.1, 0.15) is 11.1 Å². The molecule has 1 N–H and O–H groups in total. The molecule has 17 heavy (non-hydrogen) atoms. The average Bonchev–Trinajstić information content (AvgIpc) is 2.29. The van der Waals surface area contributed by atoms with E-state index in [1.54, 1.807) is 13.0 Å². The molecule has 0 aliphatic carbocycles. The van der Waals surface area contributed by atoms with E-state index >= 15 is 0 Å². The fourth-order valence-corrected chi connectivity index (χ4v) is 2.09. The third-order valence-electron chi connectivity index (χ3n) is 2.98. The van der Waals surface area contributed by atoms with E-state index in [0.717, 1.165) is 37.9 Å². The van der Waals surface area contributed by atoms with Crippen molar-refractivity contribution in [3.63, 3.8) is 0 Å². The van der Waals surface area contributed by atoms with Crippen molar-refractivity contribution in [2.24, 2.45) is 0 Å². The average molecular weight is 244 g/mol. The van der Waals surface area contributed by atoms with Gasteiger partial charge in [-0.05, 0) is 30.7 Å². The molecule has 0 atom stereocenters. The first-order chi connectivity index (χ1) is 7.98. The van der Waals surface area contributed by atoms with Crippen molar-refractivity contribution in [3.05, 3.63) is 29.3 Å². The van der Waals surface area contributed by atoms with Crippen LogP contribution in [0.15, 0.2) is 18.2 Å². The van der Waals surface area contributed by atoms with Gasteiger partial charge in [-0.2, -0.15) is 13.2 Å². The number of nitrogens with one attached hydrogen (secondary N) is 1. The molecule has 5 heteroatoms. The molecule has 1 aliphatic rings. The van der Waals surface area contributed by atoms with Crippen LogP contribution in [-0.4, -0.2) is 26.2 Å². The minimum Gasteiger partial charge on any atom is -0.369 e. The quantitative estimate of drug-likeness (QED) is 0.816. The number of benzene rings is 1. The molecule has 0 aromatic heterocycles. The van der Waals surface area contributed by atoms with E-state index in [1.807, 2.05) is 0 Å². The number of rotatable bonds is 1. The highest BCUT2D eigenvalue weighted by atomic mass is 19.4. The largest absolute Gasteiger partial charge is 0.416 e. The highest BCUT2D eigenvalue weighted by Gasteiger charge is 2.30. The standard InChI is InChI=1S/C12H15F3N2/c1-9-8-10(12(13,14)15)2-3-11(9)17-6-4-16-5-7-17/h2-3,8,16H,4-7H2,1H3. The monoisotopic (exact) mass is 244 g/mol. The van der Waals surface area contributed by atoms with E-state index in [0.29, 0.717) is 5.56 Å². The molecule has 0 radical (unpaired) electrons. The van der Waals surface area contributed by atoms with Crippen LogP contribution >= 0.6 is 0 Å². The summed E-state index contributed by atoms with van der Waals surface area (Å²) in [7, 11) is 0. The summed E-state index contributed by atoms with van der Waals surface area (Å²) in [6.07, 6.45) is -4.26. The maximum atomic E-state index is 12.5. The van der Waals surface area contributed by atoms with Crippen LogP contribution in [0.25, 0.3) is 0 Å². The summed E-state index contributed by atoms with van der Waals surface area (Å²) in [5.41, 5.74) is 1.01. The van der Waals surface area contributed by atoms with Crippen molar-refractivity contribution in [3.8, 4) is 0 Å². The molecule has 2 rings (SSSR count). The smallest absolute Gasteiger partial charge is 0.369 e. The minimum absolute atomic E-state index is 0.575.